The van der Waals surface area contributed by atoms with Crippen molar-refractivity contribution in [2.45, 2.75) is 6.10 Å². The Morgan fingerprint density at radius 1 is 1.23 bits per heavy atom. The van der Waals surface area contributed by atoms with Gasteiger partial charge in [-0.15, -0.1) is 0 Å². The predicted octanol–water partition coefficient (Wildman–Crippen LogP) is 2.18. The van der Waals surface area contributed by atoms with Gasteiger partial charge in [-0.1, -0.05) is 12.1 Å². The van der Waals surface area contributed by atoms with E-state index in [-0.39, 0.29) is 12.0 Å². The summed E-state index contributed by atoms with van der Waals surface area (Å²) in [6.45, 7) is 0.833. The summed E-state index contributed by atoms with van der Waals surface area (Å²) in [7, 11) is 1.74. The molecule has 3 aromatic rings. The van der Waals surface area contributed by atoms with E-state index in [2.05, 4.69) is 10.1 Å². The molecule has 0 radical (unpaired) electrons. The van der Waals surface area contributed by atoms with E-state index in [0.29, 0.717) is 30.3 Å². The molecule has 1 unspecified atom stereocenters. The molecule has 132 valence electrons. The van der Waals surface area contributed by atoms with Gasteiger partial charge in [-0.3, -0.25) is 4.79 Å². The molecule has 7 nitrogen and oxygen atoms in total. The van der Waals surface area contributed by atoms with E-state index in [4.69, 9.17) is 9.47 Å². The Hall–Kier alpha value is -3.35. The zero-order valence-corrected chi connectivity index (χ0v) is 14.3. The highest BCUT2D eigenvalue weighted by atomic mass is 16.6. The lowest BCUT2D eigenvalue weighted by Gasteiger charge is -2.29. The average Bonchev–Trinajstić information content (AvgIpc) is 3.22. The summed E-state index contributed by atoms with van der Waals surface area (Å²) in [5, 5.41) is 4.12. The Bertz CT molecular complexity index is 893. The normalized spacial score (nSPS) is 15.5. The molecule has 4 rings (SSSR count). The molecular formula is C19H18N4O3. The van der Waals surface area contributed by atoms with Gasteiger partial charge < -0.3 is 14.4 Å². The molecule has 0 saturated heterocycles. The monoisotopic (exact) mass is 350 g/mol. The van der Waals surface area contributed by atoms with Gasteiger partial charge in [-0.25, -0.2) is 9.67 Å². The smallest absolute Gasteiger partial charge is 0.255 e. The van der Waals surface area contributed by atoms with Gasteiger partial charge in [0.05, 0.1) is 12.1 Å². The van der Waals surface area contributed by atoms with E-state index in [1.807, 2.05) is 30.3 Å². The molecule has 0 fully saturated rings. The van der Waals surface area contributed by atoms with E-state index < -0.39 is 0 Å². The minimum Gasteiger partial charge on any atom is -0.486 e. The number of carbonyl (C=O) groups is 1. The number of ether oxygens (including phenoxy) is 2. The molecule has 0 spiro atoms. The predicted molar refractivity (Wildman–Crippen MR) is 94.7 cm³/mol. The number of pyridine rings is 1. The average molecular weight is 350 g/mol. The van der Waals surface area contributed by atoms with Crippen LogP contribution in [-0.4, -0.2) is 51.9 Å². The van der Waals surface area contributed by atoms with Crippen LogP contribution in [0.15, 0.2) is 61.1 Å². The third-order valence-corrected chi connectivity index (χ3v) is 4.13. The lowest BCUT2D eigenvalue weighted by atomic mass is 10.2. The number of para-hydroxylation sites is 2. The fourth-order valence-corrected chi connectivity index (χ4v) is 2.81. The van der Waals surface area contributed by atoms with Crippen LogP contribution in [0.4, 0.5) is 0 Å². The molecule has 2 aromatic heterocycles. The maximum absolute atomic E-state index is 12.6. The molecule has 1 amide bonds. The highest BCUT2D eigenvalue weighted by molar-refractivity contribution is 5.93. The van der Waals surface area contributed by atoms with Crippen LogP contribution in [0.3, 0.4) is 0 Å². The fourth-order valence-electron chi connectivity index (χ4n) is 2.81. The number of hydrogen-bond donors (Lipinski definition) is 0. The first-order valence-corrected chi connectivity index (χ1v) is 8.31. The van der Waals surface area contributed by atoms with Crippen molar-refractivity contribution in [2.24, 2.45) is 0 Å². The standard InChI is InChI=1S/C19H18N4O3/c1-22(12-15-13-25-16-5-2-3-6-17(16)26-15)19(24)14-7-8-18(20-11-14)23-10-4-9-21-23/h2-11,15H,12-13H2,1H3. The second kappa shape index (κ2) is 6.87. The van der Waals surface area contributed by atoms with Gasteiger partial charge in [0.15, 0.2) is 23.4 Å². The summed E-state index contributed by atoms with van der Waals surface area (Å²) in [5.41, 5.74) is 0.514. The van der Waals surface area contributed by atoms with Crippen molar-refractivity contribution in [3.63, 3.8) is 0 Å². The summed E-state index contributed by atoms with van der Waals surface area (Å²) in [6.07, 6.45) is 4.83. The number of fused-ring (bicyclic) bond motifs is 1. The summed E-state index contributed by atoms with van der Waals surface area (Å²) in [4.78, 5) is 18.5. The third kappa shape index (κ3) is 3.23. The van der Waals surface area contributed by atoms with Crippen molar-refractivity contribution in [1.82, 2.24) is 19.7 Å². The van der Waals surface area contributed by atoms with E-state index in [0.717, 1.165) is 5.75 Å². The van der Waals surface area contributed by atoms with Gasteiger partial charge in [-0.05, 0) is 30.3 Å². The number of amides is 1. The summed E-state index contributed by atoms with van der Waals surface area (Å²) < 4.78 is 13.2. The molecule has 26 heavy (non-hydrogen) atoms. The van der Waals surface area contributed by atoms with Crippen molar-refractivity contribution in [2.75, 3.05) is 20.2 Å². The Morgan fingerprint density at radius 2 is 2.08 bits per heavy atom. The number of benzene rings is 1. The van der Waals surface area contributed by atoms with E-state index >= 15 is 0 Å². The van der Waals surface area contributed by atoms with Crippen molar-refractivity contribution < 1.29 is 14.3 Å². The van der Waals surface area contributed by atoms with Crippen LogP contribution in [0.1, 0.15) is 10.4 Å². The number of rotatable bonds is 4. The van der Waals surface area contributed by atoms with Crippen LogP contribution >= 0.6 is 0 Å². The lowest BCUT2D eigenvalue weighted by molar-refractivity contribution is 0.0520. The lowest BCUT2D eigenvalue weighted by Crippen LogP contribution is -2.41. The molecule has 3 heterocycles. The highest BCUT2D eigenvalue weighted by Crippen LogP contribution is 2.31. The fraction of sp³-hybridized carbons (Fsp3) is 0.211. The highest BCUT2D eigenvalue weighted by Gasteiger charge is 2.24. The minimum atomic E-state index is -0.213. The SMILES string of the molecule is CN(CC1COc2ccccc2O1)C(=O)c1ccc(-n2cccn2)nc1. The minimum absolute atomic E-state index is 0.119. The van der Waals surface area contributed by atoms with Crippen molar-refractivity contribution in [1.29, 1.82) is 0 Å². The summed E-state index contributed by atoms with van der Waals surface area (Å²) in [5.74, 6) is 1.98. The number of aromatic nitrogens is 3. The quantitative estimate of drug-likeness (QED) is 0.721. The van der Waals surface area contributed by atoms with Gasteiger partial charge in [0.1, 0.15) is 6.61 Å². The number of nitrogens with zero attached hydrogens (tertiary/aromatic N) is 4. The Morgan fingerprint density at radius 3 is 2.81 bits per heavy atom. The van der Waals surface area contributed by atoms with Gasteiger partial charge >= 0.3 is 0 Å². The van der Waals surface area contributed by atoms with Crippen LogP contribution in [0.2, 0.25) is 0 Å². The molecular weight excluding hydrogens is 332 g/mol. The van der Waals surface area contributed by atoms with Gasteiger partial charge in [0.2, 0.25) is 0 Å². The van der Waals surface area contributed by atoms with Crippen molar-refractivity contribution in [3.8, 4) is 17.3 Å². The topological polar surface area (TPSA) is 69.5 Å². The van der Waals surface area contributed by atoms with E-state index in [1.54, 1.807) is 47.4 Å². The first-order chi connectivity index (χ1) is 12.7. The molecule has 0 bridgehead atoms. The van der Waals surface area contributed by atoms with Crippen LogP contribution in [0.25, 0.3) is 5.82 Å². The van der Waals surface area contributed by atoms with Gasteiger partial charge in [0, 0.05) is 25.6 Å². The molecule has 1 aliphatic rings. The first-order valence-electron chi connectivity index (χ1n) is 8.31. The van der Waals surface area contributed by atoms with Crippen LogP contribution in [0, 0.1) is 0 Å². The summed E-state index contributed by atoms with van der Waals surface area (Å²) >= 11 is 0. The molecule has 1 aliphatic heterocycles. The zero-order chi connectivity index (χ0) is 17.9. The van der Waals surface area contributed by atoms with E-state index in [9.17, 15) is 4.79 Å². The largest absolute Gasteiger partial charge is 0.486 e. The maximum atomic E-state index is 12.6. The Balaban J connectivity index is 1.40. The van der Waals surface area contributed by atoms with Crippen LogP contribution in [0.5, 0.6) is 11.5 Å². The molecule has 1 atom stereocenters. The molecule has 0 N–H and O–H groups in total. The maximum Gasteiger partial charge on any atom is 0.255 e. The van der Waals surface area contributed by atoms with Crippen LogP contribution < -0.4 is 9.47 Å². The molecule has 0 aliphatic carbocycles. The van der Waals surface area contributed by atoms with Crippen LogP contribution in [-0.2, 0) is 0 Å². The number of carbonyl (C=O) groups excluding carboxylic acids is 1. The third-order valence-electron chi connectivity index (χ3n) is 4.13. The second-order valence-corrected chi connectivity index (χ2v) is 6.04. The zero-order valence-electron chi connectivity index (χ0n) is 14.3. The molecule has 0 saturated carbocycles. The number of likely N-dealkylation sites (N-methyl/N-ethyl adjacent to an activating group) is 1. The van der Waals surface area contributed by atoms with Crippen molar-refractivity contribution in [3.05, 3.63) is 66.6 Å². The molecule has 7 heteroatoms. The Labute approximate surface area is 150 Å². The van der Waals surface area contributed by atoms with Gasteiger partial charge in [0.25, 0.3) is 5.91 Å². The first kappa shape index (κ1) is 16.1. The van der Waals surface area contributed by atoms with E-state index in [1.165, 1.54) is 0 Å². The summed E-state index contributed by atoms with van der Waals surface area (Å²) in [6, 6.07) is 12.9. The number of hydrogen-bond acceptors (Lipinski definition) is 5. The Kier molecular flexibility index (Phi) is 4.27. The second-order valence-electron chi connectivity index (χ2n) is 6.04. The molecule has 1 aromatic carbocycles. The van der Waals surface area contributed by atoms with Gasteiger partial charge in [-0.2, -0.15) is 5.10 Å². The van der Waals surface area contributed by atoms with Crippen molar-refractivity contribution >= 4 is 5.91 Å².